The number of anilines is 1. The molecule has 3 aromatic heterocycles. The van der Waals surface area contributed by atoms with Crippen LogP contribution in [0.25, 0.3) is 10.8 Å². The molecule has 1 aliphatic heterocycles. The number of ether oxygens (including phenoxy) is 2. The molecule has 2 N–H and O–H groups in total. The van der Waals surface area contributed by atoms with E-state index in [2.05, 4.69) is 32.3 Å². The van der Waals surface area contributed by atoms with Crippen LogP contribution in [0, 0.1) is 13.8 Å². The van der Waals surface area contributed by atoms with Gasteiger partial charge in [0.25, 0.3) is 5.56 Å². The zero-order valence-electron chi connectivity index (χ0n) is 19.0. The van der Waals surface area contributed by atoms with Gasteiger partial charge in [-0.05, 0) is 26.0 Å². The minimum Gasteiger partial charge on any atom is -0.485 e. The van der Waals surface area contributed by atoms with Gasteiger partial charge in [0.05, 0.1) is 16.8 Å². The maximum absolute atomic E-state index is 12.7. The van der Waals surface area contributed by atoms with E-state index in [1.54, 1.807) is 19.9 Å². The molecule has 1 aliphatic rings. The van der Waals surface area contributed by atoms with Gasteiger partial charge in [0.15, 0.2) is 28.6 Å². The zero-order valence-corrected chi connectivity index (χ0v) is 19.8. The summed E-state index contributed by atoms with van der Waals surface area (Å²) in [4.78, 5) is 25.0. The third-order valence-corrected chi connectivity index (χ3v) is 6.40. The van der Waals surface area contributed by atoms with Gasteiger partial charge in [0.2, 0.25) is 11.8 Å². The summed E-state index contributed by atoms with van der Waals surface area (Å²) < 4.78 is 19.4. The number of rotatable bonds is 7. The Morgan fingerprint density at radius 1 is 1.29 bits per heavy atom. The molecule has 1 atom stereocenters. The summed E-state index contributed by atoms with van der Waals surface area (Å²) in [5, 5.41) is 19.0. The molecule has 4 heterocycles. The van der Waals surface area contributed by atoms with Crippen LogP contribution in [0.3, 0.4) is 0 Å². The first-order valence-corrected chi connectivity index (χ1v) is 11.8. The van der Waals surface area contributed by atoms with E-state index in [0.717, 1.165) is 0 Å². The fourth-order valence-electron chi connectivity index (χ4n) is 3.92. The van der Waals surface area contributed by atoms with Gasteiger partial charge in [-0.2, -0.15) is 5.10 Å². The molecule has 0 saturated carbocycles. The van der Waals surface area contributed by atoms with Crippen LogP contribution in [0.15, 0.2) is 51.3 Å². The first kappa shape index (κ1) is 22.7. The highest BCUT2D eigenvalue weighted by molar-refractivity contribution is 7.99. The smallest absolute Gasteiger partial charge is 0.277 e. The second-order valence-corrected chi connectivity index (χ2v) is 8.76. The molecule has 1 aromatic carbocycles. The summed E-state index contributed by atoms with van der Waals surface area (Å²) in [7, 11) is 0. The van der Waals surface area contributed by atoms with Gasteiger partial charge < -0.3 is 13.9 Å². The molecular formula is C23H22N6O5S. The number of nitrogens with one attached hydrogen (secondary N) is 2. The molecule has 35 heavy (non-hydrogen) atoms. The monoisotopic (exact) mass is 494 g/mol. The van der Waals surface area contributed by atoms with Crippen molar-refractivity contribution in [3.05, 3.63) is 64.6 Å². The van der Waals surface area contributed by atoms with Crippen LogP contribution in [-0.4, -0.2) is 43.2 Å². The van der Waals surface area contributed by atoms with Gasteiger partial charge in [-0.15, -0.1) is 16.8 Å². The largest absolute Gasteiger partial charge is 0.485 e. The number of nitrogens with zero attached hydrogens (tertiary/aromatic N) is 4. The number of aromatic amines is 1. The molecule has 1 amide bonds. The zero-order chi connectivity index (χ0) is 24.5. The van der Waals surface area contributed by atoms with Crippen molar-refractivity contribution in [1.29, 1.82) is 0 Å². The Morgan fingerprint density at radius 2 is 2.09 bits per heavy atom. The summed E-state index contributed by atoms with van der Waals surface area (Å²) in [5.74, 6) is 2.14. The Labute approximate surface area is 203 Å². The topological polar surface area (TPSA) is 137 Å². The van der Waals surface area contributed by atoms with E-state index in [-0.39, 0.29) is 29.5 Å². The molecule has 0 radical (unpaired) electrons. The summed E-state index contributed by atoms with van der Waals surface area (Å²) in [6, 6.07) is 7.42. The van der Waals surface area contributed by atoms with E-state index < -0.39 is 11.7 Å². The molecule has 180 valence electrons. The van der Waals surface area contributed by atoms with Crippen molar-refractivity contribution in [2.45, 2.75) is 31.7 Å². The van der Waals surface area contributed by atoms with Crippen molar-refractivity contribution < 1.29 is 18.7 Å². The third-order valence-electron chi connectivity index (χ3n) is 5.44. The fraction of sp³-hybridized carbons (Fsp3) is 0.261. The number of aromatic nitrogens is 5. The number of H-pyrrole nitrogens is 1. The minimum atomic E-state index is -0.457. The number of carbonyl (C=O) groups is 1. The van der Waals surface area contributed by atoms with Crippen LogP contribution in [0.5, 0.6) is 11.5 Å². The number of aryl methyl sites for hydroxylation is 2. The molecular weight excluding hydrogens is 472 g/mol. The quantitative estimate of drug-likeness (QED) is 0.293. The maximum atomic E-state index is 12.7. The second kappa shape index (κ2) is 9.29. The SMILES string of the molecule is C=CCn1c(SCC(=O)Nc2oc(C)c3c(C)n[nH]c(=O)c23)nnc1[C@H]1COc2ccccc2O1. The van der Waals surface area contributed by atoms with Gasteiger partial charge in [-0.1, -0.05) is 30.0 Å². The van der Waals surface area contributed by atoms with Crippen molar-refractivity contribution in [2.75, 3.05) is 17.7 Å². The van der Waals surface area contributed by atoms with Crippen LogP contribution in [0.2, 0.25) is 0 Å². The highest BCUT2D eigenvalue weighted by Crippen LogP contribution is 2.36. The number of benzene rings is 1. The van der Waals surface area contributed by atoms with E-state index in [9.17, 15) is 9.59 Å². The normalized spacial score (nSPS) is 14.7. The number of thioether (sulfide) groups is 1. The van der Waals surface area contributed by atoms with Gasteiger partial charge in [-0.3, -0.25) is 19.5 Å². The minimum absolute atomic E-state index is 0.0172. The maximum Gasteiger partial charge on any atom is 0.277 e. The van der Waals surface area contributed by atoms with Crippen molar-refractivity contribution in [1.82, 2.24) is 25.0 Å². The standard InChI is InChI=1S/C23H22N6O5S/c1-4-9-29-20(16-10-32-14-7-5-6-8-15(14)34-16)26-28-23(29)35-11-17(30)24-22-19-18(13(3)33-22)12(2)25-27-21(19)31/h4-8,16H,1,9-11H2,2-3H3,(H,24,30)(H,27,31)/t16-/m1/s1. The molecule has 0 saturated heterocycles. The molecule has 4 aromatic rings. The Hall–Kier alpha value is -4.06. The lowest BCUT2D eigenvalue weighted by molar-refractivity contribution is -0.113. The van der Waals surface area contributed by atoms with Crippen LogP contribution >= 0.6 is 11.8 Å². The molecule has 0 unspecified atom stereocenters. The number of hydrogen-bond acceptors (Lipinski definition) is 9. The summed E-state index contributed by atoms with van der Waals surface area (Å²) >= 11 is 1.20. The number of para-hydroxylation sites is 2. The number of amides is 1. The highest BCUT2D eigenvalue weighted by Gasteiger charge is 2.28. The number of furan rings is 1. The van der Waals surface area contributed by atoms with Crippen LogP contribution in [0.1, 0.15) is 23.4 Å². The number of fused-ring (bicyclic) bond motifs is 2. The van der Waals surface area contributed by atoms with Crippen molar-refractivity contribution >= 4 is 34.3 Å². The Morgan fingerprint density at radius 3 is 2.89 bits per heavy atom. The molecule has 0 aliphatic carbocycles. The van der Waals surface area contributed by atoms with E-state index in [1.165, 1.54) is 11.8 Å². The molecule has 0 fully saturated rings. The second-order valence-electron chi connectivity index (χ2n) is 7.82. The molecule has 0 bridgehead atoms. The number of allylic oxidation sites excluding steroid dienone is 1. The molecule has 12 heteroatoms. The third kappa shape index (κ3) is 4.28. The van der Waals surface area contributed by atoms with Gasteiger partial charge in [0, 0.05) is 6.54 Å². The van der Waals surface area contributed by atoms with Gasteiger partial charge >= 0.3 is 0 Å². The van der Waals surface area contributed by atoms with Gasteiger partial charge in [-0.25, -0.2) is 5.10 Å². The predicted octanol–water partition coefficient (Wildman–Crippen LogP) is 3.15. The van der Waals surface area contributed by atoms with Gasteiger partial charge in [0.1, 0.15) is 17.8 Å². The Bertz CT molecular complexity index is 1490. The Kier molecular flexibility index (Phi) is 6.03. The fourth-order valence-corrected chi connectivity index (χ4v) is 4.67. The lowest BCUT2D eigenvalue weighted by Gasteiger charge is -2.26. The summed E-state index contributed by atoms with van der Waals surface area (Å²) in [6.45, 7) is 7.99. The lowest BCUT2D eigenvalue weighted by atomic mass is 10.2. The highest BCUT2D eigenvalue weighted by atomic mass is 32.2. The van der Waals surface area contributed by atoms with E-state index in [0.29, 0.717) is 45.9 Å². The molecule has 0 spiro atoms. The van der Waals surface area contributed by atoms with Crippen LogP contribution in [0.4, 0.5) is 5.88 Å². The number of hydrogen-bond donors (Lipinski definition) is 2. The first-order chi connectivity index (χ1) is 17.0. The number of carbonyl (C=O) groups excluding carboxylic acids is 1. The predicted molar refractivity (Wildman–Crippen MR) is 129 cm³/mol. The molecule has 11 nitrogen and oxygen atoms in total. The van der Waals surface area contributed by atoms with E-state index in [4.69, 9.17) is 13.9 Å². The Balaban J connectivity index is 1.32. The molecule has 5 rings (SSSR count). The summed E-state index contributed by atoms with van der Waals surface area (Å²) in [6.07, 6.45) is 1.26. The lowest BCUT2D eigenvalue weighted by Crippen LogP contribution is -2.25. The average molecular weight is 495 g/mol. The van der Waals surface area contributed by atoms with Crippen molar-refractivity contribution in [2.24, 2.45) is 0 Å². The first-order valence-electron chi connectivity index (χ1n) is 10.8. The van der Waals surface area contributed by atoms with Crippen LogP contribution < -0.4 is 20.3 Å². The average Bonchev–Trinajstić information content (AvgIpc) is 3.41. The van der Waals surface area contributed by atoms with Crippen molar-refractivity contribution in [3.63, 3.8) is 0 Å². The van der Waals surface area contributed by atoms with E-state index in [1.807, 2.05) is 28.8 Å². The van der Waals surface area contributed by atoms with Crippen LogP contribution in [-0.2, 0) is 11.3 Å². The van der Waals surface area contributed by atoms with E-state index >= 15 is 0 Å². The summed E-state index contributed by atoms with van der Waals surface area (Å²) in [5.41, 5.74) is 0.175. The van der Waals surface area contributed by atoms with Crippen molar-refractivity contribution in [3.8, 4) is 11.5 Å².